The first-order valence-electron chi connectivity index (χ1n) is 18.4. The summed E-state index contributed by atoms with van der Waals surface area (Å²) < 4.78 is 8.45. The van der Waals surface area contributed by atoms with Gasteiger partial charge in [-0.1, -0.05) is 109 Å². The molecule has 2 N–H and O–H groups in total. The third-order valence-corrected chi connectivity index (χ3v) is 11.2. The van der Waals surface area contributed by atoms with Gasteiger partial charge in [-0.2, -0.15) is 4.99 Å². The van der Waals surface area contributed by atoms with Crippen molar-refractivity contribution in [2.75, 3.05) is 0 Å². The second kappa shape index (κ2) is 11.2. The van der Waals surface area contributed by atoms with Crippen LogP contribution in [0.15, 0.2) is 173 Å². The van der Waals surface area contributed by atoms with Gasteiger partial charge in [0.2, 0.25) is 5.62 Å². The Morgan fingerprint density at radius 2 is 1.27 bits per heavy atom. The zero-order valence-corrected chi connectivity index (χ0v) is 29.3. The molecule has 0 spiro atoms. The SMILES string of the molecule is N=C(N=c1nc(-c2ccc3oc4ccccc4c3c2)c2ccccc2[nH]1)c1cccc(-n2c3cccc4c3c3c5c(cccc5ccc32)-c2ccccc2-4)c1. The van der Waals surface area contributed by atoms with E-state index >= 15 is 0 Å². The average molecular weight is 704 g/mol. The number of aromatic nitrogens is 3. The molecule has 0 amide bonds. The molecular weight excluding hydrogens is 675 g/mol. The number of amidine groups is 1. The number of rotatable bonds is 3. The van der Waals surface area contributed by atoms with Crippen molar-refractivity contribution in [1.82, 2.24) is 14.5 Å². The molecule has 1 aliphatic rings. The van der Waals surface area contributed by atoms with Crippen molar-refractivity contribution in [2.45, 2.75) is 0 Å². The Morgan fingerprint density at radius 1 is 0.564 bits per heavy atom. The van der Waals surface area contributed by atoms with Crippen LogP contribution < -0.4 is 5.62 Å². The maximum atomic E-state index is 9.29. The quantitative estimate of drug-likeness (QED) is 0.142. The molecule has 6 nitrogen and oxygen atoms in total. The van der Waals surface area contributed by atoms with E-state index in [1.165, 1.54) is 43.8 Å². The lowest BCUT2D eigenvalue weighted by atomic mass is 9.93. The Hall–Kier alpha value is -7.57. The van der Waals surface area contributed by atoms with Crippen LogP contribution in [-0.2, 0) is 0 Å². The van der Waals surface area contributed by atoms with E-state index in [2.05, 4.69) is 113 Å². The van der Waals surface area contributed by atoms with Gasteiger partial charge < -0.3 is 14.0 Å². The van der Waals surface area contributed by atoms with E-state index in [4.69, 9.17) is 14.4 Å². The van der Waals surface area contributed by atoms with Crippen LogP contribution in [0, 0.1) is 5.41 Å². The van der Waals surface area contributed by atoms with Crippen molar-refractivity contribution in [1.29, 1.82) is 5.41 Å². The van der Waals surface area contributed by atoms with Crippen molar-refractivity contribution in [3.05, 3.63) is 175 Å². The molecule has 0 saturated heterocycles. The first-order chi connectivity index (χ1) is 27.2. The highest BCUT2D eigenvalue weighted by Gasteiger charge is 2.24. The van der Waals surface area contributed by atoms with E-state index in [1.54, 1.807) is 0 Å². The molecule has 3 heterocycles. The molecule has 0 unspecified atom stereocenters. The maximum Gasteiger partial charge on any atom is 0.229 e. The molecule has 0 saturated carbocycles. The van der Waals surface area contributed by atoms with Gasteiger partial charge in [0, 0.05) is 43.7 Å². The Balaban J connectivity index is 1.02. The summed E-state index contributed by atoms with van der Waals surface area (Å²) >= 11 is 0. The monoisotopic (exact) mass is 703 g/mol. The lowest BCUT2D eigenvalue weighted by Gasteiger charge is -2.14. The highest BCUT2D eigenvalue weighted by atomic mass is 16.3. The molecular formula is C49H29N5O. The summed E-state index contributed by atoms with van der Waals surface area (Å²) in [5.74, 6) is 0.118. The van der Waals surface area contributed by atoms with E-state index in [0.29, 0.717) is 11.2 Å². The van der Waals surface area contributed by atoms with Gasteiger partial charge in [-0.25, -0.2) is 4.98 Å². The van der Waals surface area contributed by atoms with E-state index < -0.39 is 0 Å². The number of hydrogen-bond donors (Lipinski definition) is 2. The van der Waals surface area contributed by atoms with E-state index in [0.717, 1.165) is 60.8 Å². The van der Waals surface area contributed by atoms with Gasteiger partial charge in [-0.15, -0.1) is 0 Å². The van der Waals surface area contributed by atoms with Gasteiger partial charge in [-0.3, -0.25) is 5.41 Å². The fourth-order valence-corrected chi connectivity index (χ4v) is 8.83. The second-order valence-electron chi connectivity index (χ2n) is 14.2. The van der Waals surface area contributed by atoms with Gasteiger partial charge in [0.05, 0.1) is 22.2 Å². The van der Waals surface area contributed by atoms with Crippen molar-refractivity contribution in [3.63, 3.8) is 0 Å². The lowest BCUT2D eigenvalue weighted by Crippen LogP contribution is -2.17. The Kier molecular flexibility index (Phi) is 6.11. The summed E-state index contributed by atoms with van der Waals surface area (Å²) in [5.41, 5.74) is 13.6. The van der Waals surface area contributed by atoms with E-state index in [-0.39, 0.29) is 5.84 Å². The summed E-state index contributed by atoms with van der Waals surface area (Å²) in [4.78, 5) is 13.2. The number of aromatic amines is 1. The van der Waals surface area contributed by atoms with Gasteiger partial charge in [0.15, 0.2) is 5.84 Å². The van der Waals surface area contributed by atoms with E-state index in [1.807, 2.05) is 60.7 Å². The molecule has 0 fully saturated rings. The number of fused-ring (bicyclic) bond motifs is 7. The van der Waals surface area contributed by atoms with Crippen LogP contribution in [0.1, 0.15) is 5.56 Å². The molecule has 1 aliphatic carbocycles. The lowest BCUT2D eigenvalue weighted by molar-refractivity contribution is 0.669. The smallest absolute Gasteiger partial charge is 0.229 e. The van der Waals surface area contributed by atoms with Crippen LogP contribution in [0.2, 0.25) is 0 Å². The first-order valence-corrected chi connectivity index (χ1v) is 18.4. The third-order valence-electron chi connectivity index (χ3n) is 11.2. The van der Waals surface area contributed by atoms with Crippen LogP contribution in [0.3, 0.4) is 0 Å². The normalized spacial score (nSPS) is 12.5. The van der Waals surface area contributed by atoms with Gasteiger partial charge >= 0.3 is 0 Å². The minimum Gasteiger partial charge on any atom is -0.456 e. The number of hydrogen-bond acceptors (Lipinski definition) is 3. The maximum absolute atomic E-state index is 9.29. The number of H-pyrrole nitrogens is 1. The zero-order valence-electron chi connectivity index (χ0n) is 29.3. The van der Waals surface area contributed by atoms with E-state index in [9.17, 15) is 5.41 Å². The fraction of sp³-hybridized carbons (Fsp3) is 0. The van der Waals surface area contributed by atoms with Gasteiger partial charge in [0.1, 0.15) is 11.2 Å². The van der Waals surface area contributed by atoms with Crippen molar-refractivity contribution in [2.24, 2.45) is 4.99 Å². The summed E-state index contributed by atoms with van der Waals surface area (Å²) in [6.07, 6.45) is 0. The molecule has 0 bridgehead atoms. The van der Waals surface area contributed by atoms with Crippen molar-refractivity contribution in [3.8, 4) is 39.2 Å². The van der Waals surface area contributed by atoms with Crippen LogP contribution in [-0.4, -0.2) is 20.4 Å². The summed E-state index contributed by atoms with van der Waals surface area (Å²) in [6, 6.07) is 56.9. The molecule has 8 aromatic carbocycles. The Labute approximate surface area is 313 Å². The van der Waals surface area contributed by atoms with Gasteiger partial charge in [0.25, 0.3) is 0 Å². The highest BCUT2D eigenvalue weighted by molar-refractivity contribution is 6.30. The molecule has 0 atom stereocenters. The summed E-state index contributed by atoms with van der Waals surface area (Å²) in [7, 11) is 0. The standard InChI is InChI=1S/C49H29N5O/c50-48(53-49-51-39-19-5-3-16-37(39)47(52-49)29-23-25-43-38(27-29)34-15-4-6-21-42(34)55-43)30-11-7-12-31(26-30)54-40-20-9-18-36-33-14-2-1-13-32(33)35-17-8-10-28-22-24-41(54)46(44(28)35)45(36)40/h1-27H,(H2,50,51,52,53). The molecule has 0 aliphatic heterocycles. The predicted octanol–water partition coefficient (Wildman–Crippen LogP) is 12.0. The summed E-state index contributed by atoms with van der Waals surface area (Å²) in [6.45, 7) is 0. The molecule has 12 rings (SSSR count). The number of nitrogens with one attached hydrogen (secondary N) is 2. The van der Waals surface area contributed by atoms with Gasteiger partial charge in [-0.05, 0) is 87.6 Å². The number of benzene rings is 8. The number of furan rings is 1. The number of para-hydroxylation sites is 2. The molecule has 11 aromatic rings. The first kappa shape index (κ1) is 29.9. The minimum absolute atomic E-state index is 0.118. The zero-order chi connectivity index (χ0) is 36.2. The van der Waals surface area contributed by atoms with Crippen LogP contribution in [0.4, 0.5) is 0 Å². The predicted molar refractivity (Wildman–Crippen MR) is 224 cm³/mol. The Morgan fingerprint density at radius 3 is 2.16 bits per heavy atom. The van der Waals surface area contributed by atoms with Crippen molar-refractivity contribution < 1.29 is 4.42 Å². The molecule has 0 radical (unpaired) electrons. The number of nitrogens with zero attached hydrogens (tertiary/aromatic N) is 3. The largest absolute Gasteiger partial charge is 0.456 e. The summed E-state index contributed by atoms with van der Waals surface area (Å²) in [5, 5.41) is 17.4. The molecule has 3 aromatic heterocycles. The van der Waals surface area contributed by atoms with Crippen LogP contribution in [0.25, 0.3) is 105 Å². The molecule has 55 heavy (non-hydrogen) atoms. The fourth-order valence-electron chi connectivity index (χ4n) is 8.83. The molecule has 6 heteroatoms. The minimum atomic E-state index is 0.118. The Bertz CT molecular complexity index is 3530. The highest BCUT2D eigenvalue weighted by Crippen LogP contribution is 2.49. The molecule has 256 valence electrons. The second-order valence-corrected chi connectivity index (χ2v) is 14.2. The third kappa shape index (κ3) is 4.33. The van der Waals surface area contributed by atoms with Crippen LogP contribution in [0.5, 0.6) is 0 Å². The van der Waals surface area contributed by atoms with Crippen LogP contribution >= 0.6 is 0 Å². The average Bonchev–Trinajstić information content (AvgIpc) is 3.75. The topological polar surface area (TPSA) is 83.0 Å². The van der Waals surface area contributed by atoms with Crippen molar-refractivity contribution >= 4 is 71.3 Å².